The van der Waals surface area contributed by atoms with Crippen molar-refractivity contribution in [2.24, 2.45) is 0 Å². The highest BCUT2D eigenvalue weighted by molar-refractivity contribution is 5.96. The molecule has 0 bridgehead atoms. The number of anilines is 1. The van der Waals surface area contributed by atoms with Crippen LogP contribution in [0, 0.1) is 0 Å². The molecule has 26 heavy (non-hydrogen) atoms. The van der Waals surface area contributed by atoms with Crippen LogP contribution in [-0.4, -0.2) is 25.4 Å². The summed E-state index contributed by atoms with van der Waals surface area (Å²) in [5, 5.41) is 4.78. The van der Waals surface area contributed by atoms with Gasteiger partial charge in [-0.05, 0) is 66.2 Å². The summed E-state index contributed by atoms with van der Waals surface area (Å²) < 4.78 is 10.8. The van der Waals surface area contributed by atoms with Gasteiger partial charge in [-0.15, -0.1) is 0 Å². The van der Waals surface area contributed by atoms with Gasteiger partial charge in [0.1, 0.15) is 11.5 Å². The Morgan fingerprint density at radius 2 is 1.54 bits per heavy atom. The maximum absolute atomic E-state index is 12.0. The number of hydrogen-bond acceptors (Lipinski definition) is 4. The van der Waals surface area contributed by atoms with Crippen LogP contribution in [0.4, 0.5) is 5.69 Å². The van der Waals surface area contributed by atoms with Gasteiger partial charge in [-0.25, -0.2) is 0 Å². The molecule has 132 valence electrons. The molecule has 0 radical (unpaired) electrons. The molecular weight excluding hydrogens is 330 g/mol. The van der Waals surface area contributed by atoms with Gasteiger partial charge in [-0.1, -0.05) is 12.1 Å². The molecule has 0 aliphatic heterocycles. The number of ketones is 1. The van der Waals surface area contributed by atoms with E-state index < -0.39 is 0 Å². The number of ether oxygens (including phenoxy) is 2. The van der Waals surface area contributed by atoms with Crippen molar-refractivity contribution in [1.82, 2.24) is 0 Å². The number of nitrogens with one attached hydrogen (secondary N) is 1. The van der Waals surface area contributed by atoms with Crippen molar-refractivity contribution in [3.8, 4) is 11.5 Å². The van der Waals surface area contributed by atoms with E-state index in [1.165, 1.54) is 6.92 Å². The van der Waals surface area contributed by atoms with E-state index in [-0.39, 0.29) is 18.3 Å². The SMILES string of the molecule is COc1ccc2ccc(OCC(=O)Nc3ccc(C(C)=O)cc3)cc2c1. The zero-order valence-electron chi connectivity index (χ0n) is 14.6. The normalized spacial score (nSPS) is 10.4. The lowest BCUT2D eigenvalue weighted by atomic mass is 10.1. The molecular formula is C21H19NO4. The van der Waals surface area contributed by atoms with Crippen molar-refractivity contribution in [2.45, 2.75) is 6.92 Å². The van der Waals surface area contributed by atoms with Gasteiger partial charge in [0.2, 0.25) is 0 Å². The summed E-state index contributed by atoms with van der Waals surface area (Å²) in [6.45, 7) is 1.39. The summed E-state index contributed by atoms with van der Waals surface area (Å²) in [7, 11) is 1.62. The first-order valence-electron chi connectivity index (χ1n) is 8.16. The highest BCUT2D eigenvalue weighted by atomic mass is 16.5. The number of amides is 1. The van der Waals surface area contributed by atoms with Gasteiger partial charge in [0.15, 0.2) is 12.4 Å². The van der Waals surface area contributed by atoms with E-state index >= 15 is 0 Å². The molecule has 5 nitrogen and oxygen atoms in total. The van der Waals surface area contributed by atoms with Crippen molar-refractivity contribution in [1.29, 1.82) is 0 Å². The lowest BCUT2D eigenvalue weighted by molar-refractivity contribution is -0.118. The van der Waals surface area contributed by atoms with Crippen LogP contribution in [0.5, 0.6) is 11.5 Å². The molecule has 3 aromatic rings. The van der Waals surface area contributed by atoms with E-state index in [9.17, 15) is 9.59 Å². The molecule has 0 saturated carbocycles. The Labute approximate surface area is 151 Å². The summed E-state index contributed by atoms with van der Waals surface area (Å²) in [5.74, 6) is 1.08. The molecule has 0 heterocycles. The number of carbonyl (C=O) groups excluding carboxylic acids is 2. The number of methoxy groups -OCH3 is 1. The van der Waals surface area contributed by atoms with Crippen molar-refractivity contribution in [3.63, 3.8) is 0 Å². The van der Waals surface area contributed by atoms with Crippen LogP contribution in [-0.2, 0) is 4.79 Å². The van der Waals surface area contributed by atoms with Gasteiger partial charge < -0.3 is 14.8 Å². The lowest BCUT2D eigenvalue weighted by Gasteiger charge is -2.09. The number of benzene rings is 3. The maximum Gasteiger partial charge on any atom is 0.262 e. The minimum absolute atomic E-state index is 0.0147. The van der Waals surface area contributed by atoms with Gasteiger partial charge in [-0.3, -0.25) is 9.59 Å². The van der Waals surface area contributed by atoms with E-state index in [4.69, 9.17) is 9.47 Å². The van der Waals surface area contributed by atoms with Crippen LogP contribution in [0.15, 0.2) is 60.7 Å². The van der Waals surface area contributed by atoms with Gasteiger partial charge in [-0.2, -0.15) is 0 Å². The topological polar surface area (TPSA) is 64.6 Å². The largest absolute Gasteiger partial charge is 0.497 e. The van der Waals surface area contributed by atoms with Crippen LogP contribution >= 0.6 is 0 Å². The fourth-order valence-electron chi connectivity index (χ4n) is 2.55. The first-order valence-corrected chi connectivity index (χ1v) is 8.16. The molecule has 3 aromatic carbocycles. The van der Waals surface area contributed by atoms with Gasteiger partial charge in [0, 0.05) is 11.3 Å². The molecule has 0 unspecified atom stereocenters. The lowest BCUT2D eigenvalue weighted by Crippen LogP contribution is -2.20. The molecule has 3 rings (SSSR count). The first-order chi connectivity index (χ1) is 12.5. The molecule has 0 saturated heterocycles. The summed E-state index contributed by atoms with van der Waals surface area (Å²) >= 11 is 0. The van der Waals surface area contributed by atoms with Crippen molar-refractivity contribution in [3.05, 3.63) is 66.2 Å². The Balaban J connectivity index is 1.61. The third kappa shape index (κ3) is 4.19. The third-order valence-electron chi connectivity index (χ3n) is 3.96. The second kappa shape index (κ2) is 7.70. The Bertz CT molecular complexity index is 948. The van der Waals surface area contributed by atoms with Crippen LogP contribution in [0.1, 0.15) is 17.3 Å². The van der Waals surface area contributed by atoms with Crippen LogP contribution < -0.4 is 14.8 Å². The summed E-state index contributed by atoms with van der Waals surface area (Å²) in [4.78, 5) is 23.3. The van der Waals surface area contributed by atoms with E-state index in [0.29, 0.717) is 17.0 Å². The summed E-state index contributed by atoms with van der Waals surface area (Å²) in [5.41, 5.74) is 1.22. The van der Waals surface area contributed by atoms with Gasteiger partial charge in [0.05, 0.1) is 7.11 Å². The van der Waals surface area contributed by atoms with Crippen molar-refractivity contribution < 1.29 is 19.1 Å². The standard InChI is InChI=1S/C21H19NO4/c1-14(23)15-3-7-18(8-4-15)22-21(24)13-26-20-10-6-16-5-9-19(25-2)11-17(16)12-20/h3-12H,13H2,1-2H3,(H,22,24). The van der Waals surface area contributed by atoms with Crippen LogP contribution in [0.25, 0.3) is 10.8 Å². The highest BCUT2D eigenvalue weighted by Gasteiger charge is 2.06. The zero-order valence-corrected chi connectivity index (χ0v) is 14.6. The van der Waals surface area contributed by atoms with Crippen molar-refractivity contribution >= 4 is 28.2 Å². The minimum Gasteiger partial charge on any atom is -0.497 e. The van der Waals surface area contributed by atoms with E-state index in [0.717, 1.165) is 16.5 Å². The van der Waals surface area contributed by atoms with Gasteiger partial charge >= 0.3 is 0 Å². The molecule has 0 aliphatic carbocycles. The van der Waals surface area contributed by atoms with E-state index in [1.54, 1.807) is 31.4 Å². The summed E-state index contributed by atoms with van der Waals surface area (Å²) in [6.07, 6.45) is 0. The second-order valence-electron chi connectivity index (χ2n) is 5.85. The second-order valence-corrected chi connectivity index (χ2v) is 5.85. The Kier molecular flexibility index (Phi) is 5.17. The summed E-state index contributed by atoms with van der Waals surface area (Å²) in [6, 6.07) is 18.1. The van der Waals surface area contributed by atoms with Crippen LogP contribution in [0.2, 0.25) is 0 Å². The molecule has 0 aromatic heterocycles. The average molecular weight is 349 g/mol. The number of carbonyl (C=O) groups is 2. The Morgan fingerprint density at radius 1 is 0.885 bits per heavy atom. The average Bonchev–Trinajstić information content (AvgIpc) is 2.66. The predicted molar refractivity (Wildman–Crippen MR) is 101 cm³/mol. The predicted octanol–water partition coefficient (Wildman–Crippen LogP) is 4.07. The molecule has 1 N–H and O–H groups in total. The first kappa shape index (κ1) is 17.5. The van der Waals surface area contributed by atoms with Crippen molar-refractivity contribution in [2.75, 3.05) is 19.0 Å². The monoisotopic (exact) mass is 349 g/mol. The fourth-order valence-corrected chi connectivity index (χ4v) is 2.55. The van der Waals surface area contributed by atoms with Gasteiger partial charge in [0.25, 0.3) is 5.91 Å². The smallest absolute Gasteiger partial charge is 0.262 e. The molecule has 5 heteroatoms. The molecule has 0 atom stereocenters. The number of hydrogen-bond donors (Lipinski definition) is 1. The molecule has 0 fully saturated rings. The Morgan fingerprint density at radius 3 is 2.19 bits per heavy atom. The highest BCUT2D eigenvalue weighted by Crippen LogP contribution is 2.25. The third-order valence-corrected chi connectivity index (χ3v) is 3.96. The number of Topliss-reactive ketones (excluding diaryl/α,β-unsaturated/α-hetero) is 1. The Hall–Kier alpha value is -3.34. The van der Waals surface area contributed by atoms with Crippen LogP contribution in [0.3, 0.4) is 0 Å². The van der Waals surface area contributed by atoms with E-state index in [2.05, 4.69) is 5.32 Å². The zero-order chi connectivity index (χ0) is 18.5. The van der Waals surface area contributed by atoms with E-state index in [1.807, 2.05) is 36.4 Å². The maximum atomic E-state index is 12.0. The molecule has 1 amide bonds. The minimum atomic E-state index is -0.272. The fraction of sp³-hybridized carbons (Fsp3) is 0.143. The number of rotatable bonds is 6. The number of fused-ring (bicyclic) bond motifs is 1. The molecule has 0 aliphatic rings. The molecule has 0 spiro atoms. The quantitative estimate of drug-likeness (QED) is 0.682.